The van der Waals surface area contributed by atoms with E-state index in [0.29, 0.717) is 0 Å². The number of hydrogen-bond acceptors (Lipinski definition) is 7. The molecule has 0 amide bonds. The first-order valence-electron chi connectivity index (χ1n) is 6.85. The van der Waals surface area contributed by atoms with Crippen LogP contribution in [0.3, 0.4) is 0 Å². The maximum absolute atomic E-state index is 12.1. The van der Waals surface area contributed by atoms with Crippen LogP contribution in [0.1, 0.15) is 15.9 Å². The highest BCUT2D eigenvalue weighted by molar-refractivity contribution is 6.07. The van der Waals surface area contributed by atoms with Crippen LogP contribution in [0.2, 0.25) is 0 Å². The van der Waals surface area contributed by atoms with Crippen molar-refractivity contribution in [3.63, 3.8) is 0 Å². The van der Waals surface area contributed by atoms with Gasteiger partial charge in [-0.15, -0.1) is 0 Å². The normalized spacial score (nSPS) is 10.6. The van der Waals surface area contributed by atoms with E-state index in [-0.39, 0.29) is 22.6 Å². The number of allylic oxidation sites excluding steroid dienone is 1. The molecule has 0 saturated carbocycles. The van der Waals surface area contributed by atoms with Crippen LogP contribution < -0.4 is 4.74 Å². The number of aromatic hydroxyl groups is 1. The molecule has 0 fully saturated rings. The van der Waals surface area contributed by atoms with E-state index in [2.05, 4.69) is 0 Å². The van der Waals surface area contributed by atoms with Gasteiger partial charge in [0.25, 0.3) is 5.69 Å². The lowest BCUT2D eigenvalue weighted by molar-refractivity contribution is -0.386. The number of carbonyl (C=O) groups is 1. The van der Waals surface area contributed by atoms with E-state index in [0.717, 1.165) is 12.1 Å². The van der Waals surface area contributed by atoms with Gasteiger partial charge in [0.05, 0.1) is 17.0 Å². The third-order valence-corrected chi connectivity index (χ3v) is 3.28. The second kappa shape index (κ2) is 7.21. The van der Waals surface area contributed by atoms with Crippen molar-refractivity contribution >= 4 is 23.2 Å². The molecule has 9 nitrogen and oxygen atoms in total. The number of rotatable bonds is 6. The van der Waals surface area contributed by atoms with Gasteiger partial charge < -0.3 is 9.84 Å². The Morgan fingerprint density at radius 2 is 1.76 bits per heavy atom. The van der Waals surface area contributed by atoms with Crippen LogP contribution in [0, 0.1) is 20.2 Å². The lowest BCUT2D eigenvalue weighted by Gasteiger charge is -2.05. The third-order valence-electron chi connectivity index (χ3n) is 3.28. The van der Waals surface area contributed by atoms with Gasteiger partial charge in [0.1, 0.15) is 0 Å². The van der Waals surface area contributed by atoms with Gasteiger partial charge in [0, 0.05) is 23.8 Å². The Bertz CT molecular complexity index is 873. The van der Waals surface area contributed by atoms with Crippen molar-refractivity contribution in [1.29, 1.82) is 0 Å². The molecule has 0 spiro atoms. The average molecular weight is 344 g/mol. The van der Waals surface area contributed by atoms with Crippen LogP contribution in [-0.2, 0) is 0 Å². The first kappa shape index (κ1) is 17.6. The molecular formula is C16H12N2O7. The minimum atomic E-state index is -0.770. The van der Waals surface area contributed by atoms with Crippen molar-refractivity contribution < 1.29 is 24.5 Å². The Kier molecular flexibility index (Phi) is 5.08. The van der Waals surface area contributed by atoms with Crippen LogP contribution in [0.15, 0.2) is 42.5 Å². The maximum atomic E-state index is 12.1. The van der Waals surface area contributed by atoms with E-state index in [1.165, 1.54) is 43.5 Å². The number of nitrogens with zero attached hydrogens (tertiary/aromatic N) is 2. The number of benzene rings is 2. The summed E-state index contributed by atoms with van der Waals surface area (Å²) in [5.41, 5.74) is -0.195. The summed E-state index contributed by atoms with van der Waals surface area (Å²) >= 11 is 0. The lowest BCUT2D eigenvalue weighted by Crippen LogP contribution is -1.96. The summed E-state index contributed by atoms with van der Waals surface area (Å²) in [4.78, 5) is 32.2. The van der Waals surface area contributed by atoms with E-state index in [9.17, 15) is 30.1 Å². The quantitative estimate of drug-likeness (QED) is 0.368. The predicted molar refractivity (Wildman–Crippen MR) is 87.8 cm³/mol. The molecule has 0 radical (unpaired) electrons. The fourth-order valence-electron chi connectivity index (χ4n) is 2.02. The highest BCUT2D eigenvalue weighted by Gasteiger charge is 2.19. The number of phenolic OH excluding ortho intramolecular Hbond substituents is 1. The number of carbonyl (C=O) groups excluding carboxylic acids is 1. The lowest BCUT2D eigenvalue weighted by atomic mass is 10.1. The molecule has 0 saturated heterocycles. The van der Waals surface area contributed by atoms with Gasteiger partial charge in [-0.2, -0.15) is 0 Å². The zero-order valence-electron chi connectivity index (χ0n) is 12.9. The third kappa shape index (κ3) is 3.96. The molecule has 0 aliphatic heterocycles. The van der Waals surface area contributed by atoms with Crippen molar-refractivity contribution in [2.75, 3.05) is 7.11 Å². The zero-order valence-corrected chi connectivity index (χ0v) is 12.9. The monoisotopic (exact) mass is 344 g/mol. The van der Waals surface area contributed by atoms with Gasteiger partial charge in [-0.25, -0.2) is 0 Å². The first-order chi connectivity index (χ1) is 11.8. The molecule has 0 unspecified atom stereocenters. The number of methoxy groups -OCH3 is 1. The van der Waals surface area contributed by atoms with Crippen molar-refractivity contribution in [2.24, 2.45) is 0 Å². The summed E-state index contributed by atoms with van der Waals surface area (Å²) in [6, 6.07) is 7.46. The van der Waals surface area contributed by atoms with Gasteiger partial charge in [-0.3, -0.25) is 25.0 Å². The number of non-ortho nitro benzene ring substituents is 1. The summed E-state index contributed by atoms with van der Waals surface area (Å²) in [6.45, 7) is 0. The summed E-state index contributed by atoms with van der Waals surface area (Å²) in [7, 11) is 1.24. The molecule has 0 atom stereocenters. The number of ether oxygens (including phenoxy) is 1. The van der Waals surface area contributed by atoms with Gasteiger partial charge in [-0.1, -0.05) is 6.08 Å². The van der Waals surface area contributed by atoms with Crippen LogP contribution in [0.4, 0.5) is 11.4 Å². The Hall–Kier alpha value is -3.75. The summed E-state index contributed by atoms with van der Waals surface area (Å²) < 4.78 is 4.87. The number of nitro groups is 2. The van der Waals surface area contributed by atoms with Crippen LogP contribution in [-0.4, -0.2) is 27.8 Å². The molecular weight excluding hydrogens is 332 g/mol. The Morgan fingerprint density at radius 1 is 1.12 bits per heavy atom. The van der Waals surface area contributed by atoms with Crippen molar-refractivity contribution in [3.05, 3.63) is 73.8 Å². The highest BCUT2D eigenvalue weighted by atomic mass is 16.6. The molecule has 128 valence electrons. The second-order valence-electron chi connectivity index (χ2n) is 4.85. The highest BCUT2D eigenvalue weighted by Crippen LogP contribution is 2.37. The maximum Gasteiger partial charge on any atom is 0.315 e. The zero-order chi connectivity index (χ0) is 18.6. The van der Waals surface area contributed by atoms with E-state index in [4.69, 9.17) is 4.74 Å². The second-order valence-corrected chi connectivity index (χ2v) is 4.85. The Balaban J connectivity index is 2.29. The molecule has 0 bridgehead atoms. The molecule has 0 aromatic heterocycles. The van der Waals surface area contributed by atoms with Crippen LogP contribution in [0.25, 0.3) is 6.08 Å². The van der Waals surface area contributed by atoms with E-state index < -0.39 is 27.1 Å². The average Bonchev–Trinajstić information content (AvgIpc) is 2.60. The molecule has 9 heteroatoms. The Morgan fingerprint density at radius 3 is 2.28 bits per heavy atom. The van der Waals surface area contributed by atoms with Gasteiger partial charge in [-0.05, 0) is 29.8 Å². The SMILES string of the molecule is COc1cc(C=CC(=O)c2ccc([N+](=O)[O-])cc2)cc([N+](=O)[O-])c1O. The fraction of sp³-hybridized carbons (Fsp3) is 0.0625. The Labute approximate surface area is 141 Å². The predicted octanol–water partition coefficient (Wildman–Crippen LogP) is 3.11. The standard InChI is InChI=1S/C16H12N2O7/c1-25-15-9-10(8-13(16(15)20)18(23)24)2-7-14(19)11-3-5-12(6-4-11)17(21)22/h2-9,20H,1H3. The van der Waals surface area contributed by atoms with Gasteiger partial charge >= 0.3 is 5.69 Å². The number of hydrogen-bond donors (Lipinski definition) is 1. The molecule has 25 heavy (non-hydrogen) atoms. The smallest absolute Gasteiger partial charge is 0.315 e. The largest absolute Gasteiger partial charge is 0.500 e. The van der Waals surface area contributed by atoms with Crippen molar-refractivity contribution in [2.45, 2.75) is 0 Å². The number of nitro benzene ring substituents is 2. The van der Waals surface area contributed by atoms with Crippen LogP contribution in [0.5, 0.6) is 11.5 Å². The molecule has 2 rings (SSSR count). The fourth-order valence-corrected chi connectivity index (χ4v) is 2.02. The number of phenols is 1. The number of ketones is 1. The van der Waals surface area contributed by atoms with Gasteiger partial charge in [0.2, 0.25) is 5.75 Å². The van der Waals surface area contributed by atoms with Crippen molar-refractivity contribution in [1.82, 2.24) is 0 Å². The molecule has 2 aromatic carbocycles. The van der Waals surface area contributed by atoms with E-state index in [1.54, 1.807) is 0 Å². The summed E-state index contributed by atoms with van der Waals surface area (Å²) in [5.74, 6) is -1.15. The molecule has 2 aromatic rings. The molecule has 1 N–H and O–H groups in total. The van der Waals surface area contributed by atoms with Gasteiger partial charge in [0.15, 0.2) is 11.5 Å². The van der Waals surface area contributed by atoms with E-state index >= 15 is 0 Å². The topological polar surface area (TPSA) is 133 Å². The van der Waals surface area contributed by atoms with Crippen LogP contribution >= 0.6 is 0 Å². The van der Waals surface area contributed by atoms with Crippen molar-refractivity contribution in [3.8, 4) is 11.5 Å². The summed E-state index contributed by atoms with van der Waals surface area (Å²) in [6.07, 6.45) is 2.48. The first-order valence-corrected chi connectivity index (χ1v) is 6.85. The molecule has 0 heterocycles. The minimum absolute atomic E-state index is 0.100. The van der Waals surface area contributed by atoms with E-state index in [1.807, 2.05) is 0 Å². The molecule has 0 aliphatic carbocycles. The molecule has 0 aliphatic rings. The minimum Gasteiger partial charge on any atom is -0.500 e. The summed E-state index contributed by atoms with van der Waals surface area (Å²) in [5, 5.41) is 31.2.